The second-order valence-electron chi connectivity index (χ2n) is 5.76. The van der Waals surface area contributed by atoms with Crippen molar-refractivity contribution >= 4 is 43.5 Å². The highest BCUT2D eigenvalue weighted by atomic mass is 16.4. The van der Waals surface area contributed by atoms with E-state index in [2.05, 4.69) is 0 Å². The quantitative estimate of drug-likeness (QED) is 0.321. The van der Waals surface area contributed by atoms with E-state index < -0.39 is 11.3 Å². The maximum atomic E-state index is 12.1. The molecule has 0 saturated carbocycles. The molecular weight excluding hydrogens is 292 g/mol. The van der Waals surface area contributed by atoms with Gasteiger partial charge in [-0.25, -0.2) is 9.59 Å². The van der Waals surface area contributed by atoms with Gasteiger partial charge in [-0.2, -0.15) is 0 Å². The molecule has 0 radical (unpaired) electrons. The van der Waals surface area contributed by atoms with Gasteiger partial charge < -0.3 is 8.83 Å². The van der Waals surface area contributed by atoms with Crippen LogP contribution in [-0.4, -0.2) is 0 Å². The summed E-state index contributed by atoms with van der Waals surface area (Å²) in [5.74, 6) is 0. The van der Waals surface area contributed by atoms with Gasteiger partial charge in [-0.3, -0.25) is 0 Å². The molecule has 4 heteroatoms. The van der Waals surface area contributed by atoms with Crippen molar-refractivity contribution in [2.24, 2.45) is 0 Å². The van der Waals surface area contributed by atoms with Crippen LogP contribution in [0, 0.1) is 6.92 Å². The number of fused-ring (bicyclic) bond motifs is 2. The molecule has 5 rings (SSSR count). The second kappa shape index (κ2) is 3.98. The minimum absolute atomic E-state index is 0.405. The minimum Gasteiger partial charge on any atom is -0.456 e. The molecule has 0 atom stereocenters. The molecule has 0 saturated heterocycles. The predicted octanol–water partition coefficient (Wildman–Crippen LogP) is 3.95. The Kier molecular flexibility index (Phi) is 2.15. The van der Waals surface area contributed by atoms with Crippen LogP contribution in [0.3, 0.4) is 0 Å². The van der Waals surface area contributed by atoms with Crippen LogP contribution in [0.25, 0.3) is 43.5 Å². The third kappa shape index (κ3) is 1.45. The molecule has 110 valence electrons. The summed E-state index contributed by atoms with van der Waals surface area (Å²) in [6, 6.07) is 13.1. The van der Waals surface area contributed by atoms with Crippen LogP contribution in [0.1, 0.15) is 5.56 Å². The van der Waals surface area contributed by atoms with Crippen LogP contribution < -0.4 is 11.3 Å². The Morgan fingerprint density at radius 3 is 2.35 bits per heavy atom. The van der Waals surface area contributed by atoms with Gasteiger partial charge in [0, 0.05) is 16.2 Å². The van der Waals surface area contributed by atoms with Gasteiger partial charge in [0.25, 0.3) is 0 Å². The molecule has 0 fully saturated rings. The lowest BCUT2D eigenvalue weighted by atomic mass is 9.95. The normalized spacial score (nSPS) is 12.0. The topological polar surface area (TPSA) is 60.4 Å². The fourth-order valence-corrected chi connectivity index (χ4v) is 3.44. The molecule has 0 amide bonds. The molecule has 0 aliphatic heterocycles. The zero-order valence-corrected chi connectivity index (χ0v) is 12.2. The SMILES string of the molecule is Cc1cc2c(=O)oc(=O)c3ccc4c5ccccc5oc1c4c32. The smallest absolute Gasteiger partial charge is 0.346 e. The third-order valence-corrected chi connectivity index (χ3v) is 4.44. The second-order valence-corrected chi connectivity index (χ2v) is 5.76. The number of hydrogen-bond acceptors (Lipinski definition) is 4. The van der Waals surface area contributed by atoms with E-state index in [4.69, 9.17) is 8.83 Å². The number of para-hydroxylation sites is 1. The van der Waals surface area contributed by atoms with E-state index in [1.165, 1.54) is 0 Å². The van der Waals surface area contributed by atoms with Gasteiger partial charge in [0.2, 0.25) is 0 Å². The highest BCUT2D eigenvalue weighted by Gasteiger charge is 2.18. The fraction of sp³-hybridized carbons (Fsp3) is 0.0526. The largest absolute Gasteiger partial charge is 0.456 e. The molecule has 5 aromatic rings. The summed E-state index contributed by atoms with van der Waals surface area (Å²) in [5, 5.41) is 4.17. The van der Waals surface area contributed by atoms with E-state index in [1.54, 1.807) is 12.1 Å². The van der Waals surface area contributed by atoms with Gasteiger partial charge in [0.1, 0.15) is 11.2 Å². The average molecular weight is 302 g/mol. The van der Waals surface area contributed by atoms with Crippen LogP contribution >= 0.6 is 0 Å². The molecule has 2 aromatic heterocycles. The maximum Gasteiger partial charge on any atom is 0.346 e. The molecular formula is C19H10O4. The molecule has 0 aliphatic carbocycles. The Morgan fingerprint density at radius 1 is 0.739 bits per heavy atom. The molecule has 0 aliphatic rings. The fourth-order valence-electron chi connectivity index (χ4n) is 3.44. The number of aryl methyl sites for hydroxylation is 1. The number of benzene rings is 3. The number of rotatable bonds is 0. The summed E-state index contributed by atoms with van der Waals surface area (Å²) < 4.78 is 10.9. The predicted molar refractivity (Wildman–Crippen MR) is 89.5 cm³/mol. The first-order valence-electron chi connectivity index (χ1n) is 7.29. The first-order valence-corrected chi connectivity index (χ1v) is 7.29. The van der Waals surface area contributed by atoms with E-state index in [0.717, 1.165) is 27.3 Å². The molecule has 0 bridgehead atoms. The molecule has 3 aromatic carbocycles. The van der Waals surface area contributed by atoms with Crippen LogP contribution in [-0.2, 0) is 0 Å². The summed E-state index contributed by atoms with van der Waals surface area (Å²) in [5.41, 5.74) is 1.10. The van der Waals surface area contributed by atoms with E-state index in [0.29, 0.717) is 21.7 Å². The monoisotopic (exact) mass is 302 g/mol. The molecule has 0 N–H and O–H groups in total. The Morgan fingerprint density at radius 2 is 1.48 bits per heavy atom. The van der Waals surface area contributed by atoms with Crippen molar-refractivity contribution in [2.45, 2.75) is 6.92 Å². The number of hydrogen-bond donors (Lipinski definition) is 0. The zero-order valence-electron chi connectivity index (χ0n) is 12.2. The Hall–Kier alpha value is -3.14. The Bertz CT molecular complexity index is 1360. The Labute approximate surface area is 128 Å². The lowest BCUT2D eigenvalue weighted by Crippen LogP contribution is -2.12. The summed E-state index contributed by atoms with van der Waals surface area (Å²) in [6.45, 7) is 1.89. The van der Waals surface area contributed by atoms with Crippen molar-refractivity contribution in [3.63, 3.8) is 0 Å². The van der Waals surface area contributed by atoms with E-state index in [-0.39, 0.29) is 0 Å². The van der Waals surface area contributed by atoms with Crippen molar-refractivity contribution in [1.29, 1.82) is 0 Å². The third-order valence-electron chi connectivity index (χ3n) is 4.44. The standard InChI is InChI=1S/C19H10O4/c1-9-8-13-15-12(18(20)23-19(13)21)7-6-11-10-4-2-3-5-14(10)22-17(9)16(11)15/h2-8H,1H3. The van der Waals surface area contributed by atoms with Crippen molar-refractivity contribution < 1.29 is 8.83 Å². The summed E-state index contributed by atoms with van der Waals surface area (Å²) in [7, 11) is 0. The van der Waals surface area contributed by atoms with E-state index in [1.807, 2.05) is 37.3 Å². The summed E-state index contributed by atoms with van der Waals surface area (Å²) >= 11 is 0. The zero-order chi connectivity index (χ0) is 15.7. The van der Waals surface area contributed by atoms with Gasteiger partial charge in [-0.1, -0.05) is 24.3 Å². The van der Waals surface area contributed by atoms with Gasteiger partial charge >= 0.3 is 11.3 Å². The van der Waals surface area contributed by atoms with Crippen LogP contribution in [0.4, 0.5) is 0 Å². The molecule has 2 heterocycles. The van der Waals surface area contributed by atoms with Gasteiger partial charge in [-0.05, 0) is 36.1 Å². The summed E-state index contributed by atoms with van der Waals surface area (Å²) in [4.78, 5) is 24.2. The Balaban J connectivity index is 2.29. The van der Waals surface area contributed by atoms with Crippen molar-refractivity contribution in [1.82, 2.24) is 0 Å². The van der Waals surface area contributed by atoms with Crippen LogP contribution in [0.2, 0.25) is 0 Å². The highest BCUT2D eigenvalue weighted by molar-refractivity contribution is 6.26. The van der Waals surface area contributed by atoms with Gasteiger partial charge in [0.05, 0.1) is 10.8 Å². The van der Waals surface area contributed by atoms with Crippen molar-refractivity contribution in [3.8, 4) is 0 Å². The van der Waals surface area contributed by atoms with Gasteiger partial charge in [0.15, 0.2) is 0 Å². The first kappa shape index (κ1) is 12.4. The van der Waals surface area contributed by atoms with Crippen molar-refractivity contribution in [3.05, 3.63) is 68.9 Å². The molecule has 23 heavy (non-hydrogen) atoms. The average Bonchev–Trinajstić information content (AvgIpc) is 2.56. The van der Waals surface area contributed by atoms with E-state index >= 15 is 0 Å². The van der Waals surface area contributed by atoms with Crippen LogP contribution in [0.15, 0.2) is 60.9 Å². The highest BCUT2D eigenvalue weighted by Crippen LogP contribution is 2.38. The first-order chi connectivity index (χ1) is 11.1. The lowest BCUT2D eigenvalue weighted by molar-refractivity contribution is 0.488. The molecule has 0 unspecified atom stereocenters. The van der Waals surface area contributed by atoms with Crippen molar-refractivity contribution in [2.75, 3.05) is 0 Å². The molecule has 0 spiro atoms. The lowest BCUT2D eigenvalue weighted by Gasteiger charge is -2.12. The molecule has 4 nitrogen and oxygen atoms in total. The summed E-state index contributed by atoms with van der Waals surface area (Å²) in [6.07, 6.45) is 0. The van der Waals surface area contributed by atoms with Crippen LogP contribution in [0.5, 0.6) is 0 Å². The van der Waals surface area contributed by atoms with Gasteiger partial charge in [-0.15, -0.1) is 0 Å². The minimum atomic E-state index is -0.609. The van der Waals surface area contributed by atoms with E-state index in [9.17, 15) is 9.59 Å². The maximum absolute atomic E-state index is 12.1.